The molecular formula is C26H19Cl2N3O4. The number of nitrogens with zero attached hydrogens (tertiary/aromatic N) is 3. The van der Waals surface area contributed by atoms with Crippen molar-refractivity contribution < 1.29 is 19.1 Å². The Balaban J connectivity index is 1.47. The van der Waals surface area contributed by atoms with Crippen molar-refractivity contribution in [1.82, 2.24) is 5.01 Å². The third-order valence-corrected chi connectivity index (χ3v) is 6.56. The van der Waals surface area contributed by atoms with Gasteiger partial charge in [0.05, 0.1) is 30.1 Å². The summed E-state index contributed by atoms with van der Waals surface area (Å²) in [6.45, 7) is -0.331. The lowest BCUT2D eigenvalue weighted by Crippen LogP contribution is -2.40. The predicted molar refractivity (Wildman–Crippen MR) is 133 cm³/mol. The van der Waals surface area contributed by atoms with Crippen molar-refractivity contribution in [3.05, 3.63) is 93.5 Å². The number of benzene rings is 3. The predicted octanol–water partition coefficient (Wildman–Crippen LogP) is 4.91. The normalized spacial score (nSPS) is 17.0. The van der Waals surface area contributed by atoms with Crippen LogP contribution in [0.3, 0.4) is 0 Å². The van der Waals surface area contributed by atoms with E-state index in [0.29, 0.717) is 27.9 Å². The van der Waals surface area contributed by atoms with Crippen LogP contribution >= 0.6 is 23.2 Å². The minimum atomic E-state index is -0.766. The molecule has 35 heavy (non-hydrogen) atoms. The molecule has 3 aromatic rings. The van der Waals surface area contributed by atoms with E-state index < -0.39 is 23.6 Å². The molecule has 0 radical (unpaired) electrons. The Bertz CT molecular complexity index is 1370. The van der Waals surface area contributed by atoms with E-state index >= 15 is 0 Å². The largest absolute Gasteiger partial charge is 0.497 e. The lowest BCUT2D eigenvalue weighted by molar-refractivity contribution is -0.132. The fourth-order valence-electron chi connectivity index (χ4n) is 4.28. The van der Waals surface area contributed by atoms with Crippen molar-refractivity contribution in [2.24, 2.45) is 5.10 Å². The van der Waals surface area contributed by atoms with E-state index in [1.165, 1.54) is 16.0 Å². The van der Waals surface area contributed by atoms with E-state index in [2.05, 4.69) is 5.10 Å². The summed E-state index contributed by atoms with van der Waals surface area (Å²) in [7, 11) is 1.59. The zero-order chi connectivity index (χ0) is 24.7. The maximum Gasteiger partial charge on any atom is 0.299 e. The summed E-state index contributed by atoms with van der Waals surface area (Å²) in [4.78, 5) is 39.8. The molecule has 0 saturated carbocycles. The van der Waals surface area contributed by atoms with Crippen LogP contribution in [0.4, 0.5) is 5.69 Å². The molecule has 0 aliphatic carbocycles. The average molecular weight is 508 g/mol. The highest BCUT2D eigenvalue weighted by atomic mass is 35.5. The number of amides is 2. The van der Waals surface area contributed by atoms with E-state index in [0.717, 1.165) is 16.8 Å². The minimum Gasteiger partial charge on any atom is -0.497 e. The van der Waals surface area contributed by atoms with E-state index in [-0.39, 0.29) is 12.1 Å². The molecule has 1 atom stereocenters. The number of ether oxygens (including phenoxy) is 1. The van der Waals surface area contributed by atoms with Gasteiger partial charge in [-0.1, -0.05) is 35.3 Å². The summed E-state index contributed by atoms with van der Waals surface area (Å²) in [6, 6.07) is 18.8. The van der Waals surface area contributed by atoms with Crippen LogP contribution in [-0.4, -0.2) is 42.0 Å². The number of hydrazone groups is 1. The number of fused-ring (bicyclic) bond motifs is 1. The van der Waals surface area contributed by atoms with E-state index in [4.69, 9.17) is 27.9 Å². The maximum absolute atomic E-state index is 13.5. The van der Waals surface area contributed by atoms with Crippen molar-refractivity contribution in [3.63, 3.8) is 0 Å². The highest BCUT2D eigenvalue weighted by Crippen LogP contribution is 2.35. The number of rotatable bonds is 5. The first-order chi connectivity index (χ1) is 16.9. The molecular weight excluding hydrogens is 489 g/mol. The summed E-state index contributed by atoms with van der Waals surface area (Å²) < 4.78 is 5.23. The third kappa shape index (κ3) is 4.29. The number of methoxy groups -OCH3 is 1. The van der Waals surface area contributed by atoms with Crippen LogP contribution in [0.5, 0.6) is 5.75 Å². The van der Waals surface area contributed by atoms with E-state index in [1.807, 2.05) is 36.4 Å². The van der Waals surface area contributed by atoms with Crippen LogP contribution in [0.2, 0.25) is 10.0 Å². The Kier molecular flexibility index (Phi) is 6.05. The van der Waals surface area contributed by atoms with Crippen molar-refractivity contribution in [2.45, 2.75) is 12.5 Å². The molecule has 0 saturated heterocycles. The first-order valence-electron chi connectivity index (χ1n) is 10.8. The number of anilines is 1. The number of hydrogen-bond acceptors (Lipinski definition) is 5. The molecule has 0 N–H and O–H groups in total. The second-order valence-electron chi connectivity index (χ2n) is 8.17. The third-order valence-electron chi connectivity index (χ3n) is 6.07. The molecule has 0 aromatic heterocycles. The molecule has 7 nitrogen and oxygen atoms in total. The van der Waals surface area contributed by atoms with Gasteiger partial charge in [0.15, 0.2) is 0 Å². The number of halogens is 2. The Labute approximate surface area is 211 Å². The van der Waals surface area contributed by atoms with Crippen molar-refractivity contribution in [2.75, 3.05) is 18.6 Å². The molecule has 2 aliphatic heterocycles. The van der Waals surface area contributed by atoms with Gasteiger partial charge in [-0.05, 0) is 65.7 Å². The molecule has 0 bridgehead atoms. The van der Waals surface area contributed by atoms with E-state index in [9.17, 15) is 14.4 Å². The second kappa shape index (κ2) is 9.17. The number of carbonyl (C=O) groups is 3. The quantitative estimate of drug-likeness (QED) is 0.459. The summed E-state index contributed by atoms with van der Waals surface area (Å²) in [6.07, 6.45) is 0.471. The van der Waals surface area contributed by atoms with Crippen molar-refractivity contribution >= 4 is 52.2 Å². The lowest BCUT2D eigenvalue weighted by atomic mass is 9.98. The molecule has 9 heteroatoms. The highest BCUT2D eigenvalue weighted by molar-refractivity contribution is 6.53. The molecule has 2 amide bonds. The summed E-state index contributed by atoms with van der Waals surface area (Å²) >= 11 is 12.1. The van der Waals surface area contributed by atoms with Crippen LogP contribution < -0.4 is 9.64 Å². The van der Waals surface area contributed by atoms with Gasteiger partial charge < -0.3 is 4.74 Å². The smallest absolute Gasteiger partial charge is 0.299 e. The number of carbonyl (C=O) groups excluding carboxylic acids is 3. The van der Waals surface area contributed by atoms with Crippen LogP contribution in [0.1, 0.15) is 33.9 Å². The highest BCUT2D eigenvalue weighted by Gasteiger charge is 2.40. The Morgan fingerprint density at radius 1 is 1.00 bits per heavy atom. The van der Waals surface area contributed by atoms with Gasteiger partial charge in [-0.15, -0.1) is 0 Å². The molecule has 2 aliphatic rings. The van der Waals surface area contributed by atoms with Crippen LogP contribution in [0.15, 0.2) is 71.8 Å². The van der Waals surface area contributed by atoms with Crippen LogP contribution in [-0.2, 0) is 9.59 Å². The fraction of sp³-hybridized carbons (Fsp3) is 0.154. The van der Waals surface area contributed by atoms with Gasteiger partial charge in [0.1, 0.15) is 12.3 Å². The molecule has 0 spiro atoms. The van der Waals surface area contributed by atoms with Crippen LogP contribution in [0, 0.1) is 0 Å². The average Bonchev–Trinajstić information content (AvgIpc) is 3.41. The summed E-state index contributed by atoms with van der Waals surface area (Å²) in [5, 5.41) is 6.94. The topological polar surface area (TPSA) is 79.3 Å². The minimum absolute atomic E-state index is 0.188. The van der Waals surface area contributed by atoms with Crippen molar-refractivity contribution in [3.8, 4) is 5.75 Å². The first kappa shape index (κ1) is 23.1. The second-order valence-corrected chi connectivity index (χ2v) is 9.04. The van der Waals surface area contributed by atoms with E-state index in [1.54, 1.807) is 31.4 Å². The molecule has 3 aromatic carbocycles. The number of hydrogen-bond donors (Lipinski definition) is 0. The van der Waals surface area contributed by atoms with Crippen molar-refractivity contribution in [1.29, 1.82) is 0 Å². The first-order valence-corrected chi connectivity index (χ1v) is 11.6. The Hall–Kier alpha value is -3.68. The molecule has 176 valence electrons. The zero-order valence-corrected chi connectivity index (χ0v) is 20.1. The molecule has 1 unspecified atom stereocenters. The summed E-state index contributed by atoms with van der Waals surface area (Å²) in [5.41, 5.74) is 2.98. The van der Waals surface area contributed by atoms with Gasteiger partial charge in [-0.2, -0.15) is 5.10 Å². The van der Waals surface area contributed by atoms with Gasteiger partial charge in [0.25, 0.3) is 17.6 Å². The molecule has 5 rings (SSSR count). The summed E-state index contributed by atoms with van der Waals surface area (Å²) in [5.74, 6) is -1.16. The SMILES string of the molecule is COc1ccc(C2=NN(C(=O)CN3C(=O)C(=O)c4cc(Cl)ccc43)C(c3ccc(Cl)cc3)C2)cc1. The van der Waals surface area contributed by atoms with Gasteiger partial charge in [0, 0.05) is 16.5 Å². The van der Waals surface area contributed by atoms with Gasteiger partial charge >= 0.3 is 0 Å². The zero-order valence-electron chi connectivity index (χ0n) is 18.6. The number of ketones is 1. The Morgan fingerprint density at radius 3 is 2.37 bits per heavy atom. The standard InChI is InChI=1S/C26H19Cl2N3O4/c1-35-19-9-4-15(5-10-19)21-13-23(16-2-6-17(27)7-3-16)31(29-21)24(32)14-30-22-11-8-18(28)12-20(22)25(33)26(30)34/h2-12,23H,13-14H2,1H3. The van der Waals surface area contributed by atoms with Gasteiger partial charge in [-0.3, -0.25) is 19.3 Å². The van der Waals surface area contributed by atoms with Gasteiger partial charge in [-0.25, -0.2) is 5.01 Å². The molecule has 2 heterocycles. The fourth-order valence-corrected chi connectivity index (χ4v) is 4.58. The molecule has 0 fully saturated rings. The Morgan fingerprint density at radius 2 is 1.69 bits per heavy atom. The lowest BCUT2D eigenvalue weighted by Gasteiger charge is -2.24. The maximum atomic E-state index is 13.5. The van der Waals surface area contributed by atoms with Crippen LogP contribution in [0.25, 0.3) is 0 Å². The monoisotopic (exact) mass is 507 g/mol. The van der Waals surface area contributed by atoms with Gasteiger partial charge in [0.2, 0.25) is 0 Å². The number of Topliss-reactive ketones (excluding diaryl/α,β-unsaturated/α-hetero) is 1.